The van der Waals surface area contributed by atoms with E-state index in [0.29, 0.717) is 23.8 Å². The molecule has 1 saturated carbocycles. The molecular formula is C25H28N6O. The average Bonchev–Trinajstić information content (AvgIpc) is 3.46. The van der Waals surface area contributed by atoms with Gasteiger partial charge in [-0.25, -0.2) is 4.98 Å². The summed E-state index contributed by atoms with van der Waals surface area (Å²) < 4.78 is 2.05. The first-order valence-electron chi connectivity index (χ1n) is 11.8. The van der Waals surface area contributed by atoms with Gasteiger partial charge in [0.15, 0.2) is 0 Å². The van der Waals surface area contributed by atoms with E-state index in [4.69, 9.17) is 4.98 Å². The van der Waals surface area contributed by atoms with Gasteiger partial charge in [-0.1, -0.05) is 24.3 Å². The number of rotatable bonds is 5. The lowest BCUT2D eigenvalue weighted by Gasteiger charge is -2.60. The first-order valence-corrected chi connectivity index (χ1v) is 11.8. The van der Waals surface area contributed by atoms with Crippen molar-refractivity contribution in [3.05, 3.63) is 48.7 Å². The normalized spacial score (nSPS) is 27.9. The third kappa shape index (κ3) is 2.94. The Balaban J connectivity index is 0.916. The molecule has 2 aliphatic heterocycles. The molecule has 7 nitrogen and oxygen atoms in total. The van der Waals surface area contributed by atoms with E-state index in [-0.39, 0.29) is 5.91 Å². The summed E-state index contributed by atoms with van der Waals surface area (Å²) in [6.07, 6.45) is 9.33. The van der Waals surface area contributed by atoms with Gasteiger partial charge in [-0.3, -0.25) is 14.1 Å². The number of para-hydroxylation sites is 2. The SMILES string of the molecule is O=C(CN1CC2(C1)CN(c1ccn3c(n1)nc1ccccc13)C2)NCC1CC2C=CC1C2. The number of amides is 1. The Hall–Kier alpha value is -2.93. The number of likely N-dealkylation sites (tertiary alicyclic amines) is 1. The van der Waals surface area contributed by atoms with E-state index in [9.17, 15) is 4.79 Å². The number of hydrogen-bond donors (Lipinski definition) is 1. The van der Waals surface area contributed by atoms with Gasteiger partial charge in [-0.15, -0.1) is 0 Å². The predicted molar refractivity (Wildman–Crippen MR) is 123 cm³/mol. The van der Waals surface area contributed by atoms with E-state index < -0.39 is 0 Å². The van der Waals surface area contributed by atoms with Crippen molar-refractivity contribution >= 4 is 28.5 Å². The Morgan fingerprint density at radius 3 is 2.75 bits per heavy atom. The van der Waals surface area contributed by atoms with E-state index in [1.807, 2.05) is 22.6 Å². The van der Waals surface area contributed by atoms with Crippen LogP contribution < -0.4 is 10.2 Å². The third-order valence-electron chi connectivity index (χ3n) is 8.00. The van der Waals surface area contributed by atoms with Crippen LogP contribution in [-0.4, -0.2) is 64.4 Å². The number of anilines is 1. The van der Waals surface area contributed by atoms with Gasteiger partial charge in [0.05, 0.1) is 17.6 Å². The molecule has 1 amide bonds. The molecule has 4 aliphatic rings. The Kier molecular flexibility index (Phi) is 3.95. The van der Waals surface area contributed by atoms with Crippen LogP contribution in [0.2, 0.25) is 0 Å². The van der Waals surface area contributed by atoms with Gasteiger partial charge >= 0.3 is 0 Å². The molecule has 32 heavy (non-hydrogen) atoms. The topological polar surface area (TPSA) is 65.8 Å². The third-order valence-corrected chi connectivity index (χ3v) is 8.00. The van der Waals surface area contributed by atoms with Crippen molar-refractivity contribution in [3.63, 3.8) is 0 Å². The van der Waals surface area contributed by atoms with Gasteiger partial charge in [-0.2, -0.15) is 4.98 Å². The smallest absolute Gasteiger partial charge is 0.236 e. The van der Waals surface area contributed by atoms with E-state index >= 15 is 0 Å². The summed E-state index contributed by atoms with van der Waals surface area (Å²) in [4.78, 5) is 26.5. The largest absolute Gasteiger partial charge is 0.355 e. The minimum Gasteiger partial charge on any atom is -0.355 e. The number of hydrogen-bond acceptors (Lipinski definition) is 5. The number of aromatic nitrogens is 3. The van der Waals surface area contributed by atoms with Crippen LogP contribution in [0.4, 0.5) is 5.82 Å². The summed E-state index contributed by atoms with van der Waals surface area (Å²) in [6, 6.07) is 10.2. The predicted octanol–water partition coefficient (Wildman–Crippen LogP) is 2.33. The molecule has 3 unspecified atom stereocenters. The summed E-state index contributed by atoms with van der Waals surface area (Å²) >= 11 is 0. The summed E-state index contributed by atoms with van der Waals surface area (Å²) in [7, 11) is 0. The number of fused-ring (bicyclic) bond motifs is 5. The monoisotopic (exact) mass is 428 g/mol. The van der Waals surface area contributed by atoms with E-state index in [1.54, 1.807) is 0 Å². The molecule has 1 N–H and O–H groups in total. The minimum atomic E-state index is 0.182. The van der Waals surface area contributed by atoms with Crippen molar-refractivity contribution in [3.8, 4) is 0 Å². The Morgan fingerprint density at radius 1 is 1.06 bits per heavy atom. The molecule has 3 fully saturated rings. The first kappa shape index (κ1) is 18.6. The fourth-order valence-electron chi connectivity index (χ4n) is 6.49. The number of benzene rings is 1. The van der Waals surface area contributed by atoms with Crippen molar-refractivity contribution in [1.29, 1.82) is 0 Å². The van der Waals surface area contributed by atoms with Crippen LogP contribution in [0.5, 0.6) is 0 Å². The highest BCUT2D eigenvalue weighted by Crippen LogP contribution is 2.43. The summed E-state index contributed by atoms with van der Waals surface area (Å²) in [5.41, 5.74) is 2.39. The van der Waals surface area contributed by atoms with E-state index in [2.05, 4.69) is 50.6 Å². The lowest BCUT2D eigenvalue weighted by atomic mass is 9.73. The molecule has 4 heterocycles. The lowest BCUT2D eigenvalue weighted by molar-refractivity contribution is -0.126. The second kappa shape index (κ2) is 6.78. The number of imidazole rings is 1. The molecule has 2 saturated heterocycles. The van der Waals surface area contributed by atoms with Crippen LogP contribution in [0.25, 0.3) is 16.8 Å². The molecule has 7 heteroatoms. The highest BCUT2D eigenvalue weighted by atomic mass is 16.2. The van der Waals surface area contributed by atoms with Crippen molar-refractivity contribution in [1.82, 2.24) is 24.6 Å². The second-order valence-corrected chi connectivity index (χ2v) is 10.4. The van der Waals surface area contributed by atoms with Crippen molar-refractivity contribution in [2.75, 3.05) is 44.2 Å². The number of carbonyl (C=O) groups excluding carboxylic acids is 1. The van der Waals surface area contributed by atoms with Gasteiger partial charge < -0.3 is 10.2 Å². The van der Waals surface area contributed by atoms with Crippen LogP contribution in [-0.2, 0) is 4.79 Å². The molecule has 164 valence electrons. The second-order valence-electron chi connectivity index (χ2n) is 10.4. The Bertz CT molecular complexity index is 1230. The van der Waals surface area contributed by atoms with Crippen LogP contribution >= 0.6 is 0 Å². The molecule has 1 spiro atoms. The fraction of sp³-hybridized carbons (Fsp3) is 0.480. The summed E-state index contributed by atoms with van der Waals surface area (Å²) in [5, 5.41) is 3.19. The van der Waals surface area contributed by atoms with Crippen LogP contribution in [0.1, 0.15) is 12.8 Å². The number of carbonyl (C=O) groups is 1. The van der Waals surface area contributed by atoms with E-state index in [0.717, 1.165) is 61.3 Å². The zero-order valence-electron chi connectivity index (χ0n) is 18.2. The van der Waals surface area contributed by atoms with Gasteiger partial charge in [0.1, 0.15) is 5.82 Å². The van der Waals surface area contributed by atoms with Gasteiger partial charge in [0.2, 0.25) is 11.7 Å². The standard InChI is InChI=1S/C25H28N6O/c32-23(26-11-19-10-17-5-6-18(19)9-17)12-29-13-25(14-29)15-30(16-25)22-7-8-31-21-4-2-1-3-20(21)27-24(31)28-22/h1-8,17-19H,9-16H2,(H,26,32). The van der Waals surface area contributed by atoms with Gasteiger partial charge in [0.25, 0.3) is 0 Å². The maximum Gasteiger partial charge on any atom is 0.236 e. The van der Waals surface area contributed by atoms with Gasteiger partial charge in [-0.05, 0) is 48.8 Å². The fourth-order valence-corrected chi connectivity index (χ4v) is 6.49. The molecule has 2 aromatic heterocycles. The van der Waals surface area contributed by atoms with Crippen molar-refractivity contribution in [2.45, 2.75) is 12.8 Å². The summed E-state index contributed by atoms with van der Waals surface area (Å²) in [5.74, 6) is 4.04. The molecule has 2 bridgehead atoms. The lowest BCUT2D eigenvalue weighted by Crippen LogP contribution is -2.73. The average molecular weight is 429 g/mol. The van der Waals surface area contributed by atoms with Crippen LogP contribution in [0.3, 0.4) is 0 Å². The zero-order chi connectivity index (χ0) is 21.3. The molecule has 7 rings (SSSR count). The Labute approximate surface area is 187 Å². The van der Waals surface area contributed by atoms with E-state index in [1.165, 1.54) is 12.8 Å². The quantitative estimate of drug-likeness (QED) is 0.632. The highest BCUT2D eigenvalue weighted by molar-refractivity contribution is 5.80. The van der Waals surface area contributed by atoms with Gasteiger partial charge in [0, 0.05) is 44.3 Å². The highest BCUT2D eigenvalue weighted by Gasteiger charge is 2.52. The first-order chi connectivity index (χ1) is 15.6. The number of nitrogens with zero attached hydrogens (tertiary/aromatic N) is 5. The molecule has 1 aromatic carbocycles. The molecule has 3 atom stereocenters. The van der Waals surface area contributed by atoms with Crippen LogP contribution in [0.15, 0.2) is 48.7 Å². The summed E-state index contributed by atoms with van der Waals surface area (Å²) in [6.45, 7) is 5.39. The number of allylic oxidation sites excluding steroid dienone is 2. The zero-order valence-corrected chi connectivity index (χ0v) is 18.2. The van der Waals surface area contributed by atoms with Crippen molar-refractivity contribution in [2.24, 2.45) is 23.2 Å². The minimum absolute atomic E-state index is 0.182. The molecule has 0 radical (unpaired) electrons. The van der Waals surface area contributed by atoms with Crippen LogP contribution in [0, 0.1) is 23.2 Å². The Morgan fingerprint density at radius 2 is 1.94 bits per heavy atom. The maximum atomic E-state index is 12.4. The molecular weight excluding hydrogens is 400 g/mol. The molecule has 3 aromatic rings. The molecule has 2 aliphatic carbocycles. The van der Waals surface area contributed by atoms with Crippen molar-refractivity contribution < 1.29 is 4.79 Å². The maximum absolute atomic E-state index is 12.4. The number of nitrogens with one attached hydrogen (secondary N) is 1.